The van der Waals surface area contributed by atoms with E-state index >= 15 is 0 Å². The second-order valence-electron chi connectivity index (χ2n) is 43.8. The van der Waals surface area contributed by atoms with Crippen molar-refractivity contribution in [2.75, 3.05) is 87.9 Å². The lowest BCUT2D eigenvalue weighted by molar-refractivity contribution is -0.125. The fourth-order valence-electron chi connectivity index (χ4n) is 19.0. The van der Waals surface area contributed by atoms with Gasteiger partial charge >= 0.3 is 23.9 Å². The van der Waals surface area contributed by atoms with E-state index in [9.17, 15) is 48.6 Å². The van der Waals surface area contributed by atoms with Gasteiger partial charge in [0.05, 0.1) is 132 Å². The number of carboxylic acid groups (broad SMARTS) is 2. The number of hydrogen-bond acceptors (Lipinski definition) is 24. The summed E-state index contributed by atoms with van der Waals surface area (Å²) in [6.45, 7) is 37.2. The molecule has 0 bridgehead atoms. The summed E-state index contributed by atoms with van der Waals surface area (Å²) in [7, 11) is 2.75. The van der Waals surface area contributed by atoms with Crippen molar-refractivity contribution in [3.05, 3.63) is 63.3 Å². The summed E-state index contributed by atoms with van der Waals surface area (Å²) in [4.78, 5) is 106. The highest BCUT2D eigenvalue weighted by molar-refractivity contribution is 7.16. The SMILES string of the molecule is CC1CCC(C(=O)Cl)CC1.CC1CCC(C(=O)N(c2cc(C#CC(C)(C)C)sc2C(=O)O)C2CCC(O[C@@H]3CCOC3)CC2)CC1.CC1CCC(C(=O)N(c2cc(C#CC(C)(C)C)sc2C(=O)O)C2CCC(O[C@@H]3CCOC3)CC2)CC1.COC(=O)c1sc(C#CC(C)(C)C)cc1N.COC(=O)c1sc(C#CC(C)(C)C)cc1NC1CCC(O[C@H]2CCOC2)CC1.O=C1CCC(O[C@H]2CCOC2)CC1. The summed E-state index contributed by atoms with van der Waals surface area (Å²) in [6.07, 6.45) is 31.9. The molecule has 0 aromatic carbocycles. The maximum absolute atomic E-state index is 14.0. The molecule has 11 fully saturated rings. The number of nitrogens with zero attached hydrogens (tertiary/aromatic N) is 2. The number of Topliss-reactive ketones (excluding diaryl/α,β-unsaturated/α-hetero) is 1. The molecule has 4 aliphatic heterocycles. The molecule has 11 aliphatic rings. The first-order chi connectivity index (χ1) is 65.9. The number of ketones is 1. The van der Waals surface area contributed by atoms with Gasteiger partial charge in [0.25, 0.3) is 0 Å². The largest absolute Gasteiger partial charge is 0.477 e. The second-order valence-corrected chi connectivity index (χ2v) is 48.4. The predicted molar refractivity (Wildman–Crippen MR) is 553 cm³/mol. The molecular formula is C110H157ClN4O20S4. The van der Waals surface area contributed by atoms with Crippen molar-refractivity contribution in [3.8, 4) is 47.4 Å². The standard InChI is InChI=1S/2C29H41NO5S.C22H31NO4S.C12H15NO2S.C10H16O3.C8H13ClO/c2*1-19-5-7-20(8-6-19)27(31)30(21-9-11-22(12-10-21)35-23-14-16-34-18-23)25-17-24(13-15-29(2,3)4)36-26(25)28(32)33;1-22(2,3)11-9-18-13-19(20(28-18)21(24)25-4)23-15-5-7-16(8-6-15)27-17-10-12-26-14-17;1-12(2,3)6-5-8-7-9(13)10(16-8)11(14)15-4;11-8-1-3-9(4-2-8)13-10-5-6-12-7-10;1-6-2-4-7(5-3-6)8(9)10/h2*17,19-23H,5-12,14,16,18H2,1-4H3,(H,32,33);13,15-17,23H,5-8,10,12,14H2,1-4H3;7H,13H2,1-4H3;9-10H,1-7H2;6-7H,2-5H2,1H3/t2*19?,20?,21?,22?,23-;15?,16?,17-;;10-;/m110.0./s1. The third-order valence-electron chi connectivity index (χ3n) is 27.0. The van der Waals surface area contributed by atoms with Crippen molar-refractivity contribution in [1.82, 2.24) is 0 Å². The van der Waals surface area contributed by atoms with Crippen molar-refractivity contribution >= 4 is 126 Å². The number of esters is 2. The highest BCUT2D eigenvalue weighted by atomic mass is 35.5. The Bertz CT molecular complexity index is 4730. The van der Waals surface area contributed by atoms with E-state index in [1.807, 2.05) is 90.3 Å². The Balaban J connectivity index is 0.000000181. The Labute approximate surface area is 848 Å². The molecule has 24 nitrogen and oxygen atoms in total. The third kappa shape index (κ3) is 38.0. The molecule has 0 spiro atoms. The fourth-order valence-corrected chi connectivity index (χ4v) is 22.7. The van der Waals surface area contributed by atoms with E-state index in [-0.39, 0.29) is 115 Å². The molecule has 0 unspecified atom stereocenters. The average Bonchev–Trinajstić information content (AvgIpc) is 1.71. The van der Waals surface area contributed by atoms with Gasteiger partial charge in [-0.15, -0.1) is 45.3 Å². The normalized spacial score (nSPS) is 26.5. The maximum Gasteiger partial charge on any atom is 0.350 e. The lowest BCUT2D eigenvalue weighted by Crippen LogP contribution is -2.47. The second kappa shape index (κ2) is 54.6. The van der Waals surface area contributed by atoms with Crippen LogP contribution in [0.2, 0.25) is 0 Å². The predicted octanol–water partition coefficient (Wildman–Crippen LogP) is 23.1. The smallest absolute Gasteiger partial charge is 0.350 e. The van der Waals surface area contributed by atoms with Crippen molar-refractivity contribution in [1.29, 1.82) is 0 Å². The summed E-state index contributed by atoms with van der Waals surface area (Å²) in [5.41, 5.74) is 7.50. The average molecular weight is 2020 g/mol. The number of nitrogen functional groups attached to an aromatic ring is 1. The van der Waals surface area contributed by atoms with Crippen LogP contribution in [0.5, 0.6) is 0 Å². The zero-order valence-corrected chi connectivity index (χ0v) is 89.7. The van der Waals surface area contributed by atoms with Crippen LogP contribution in [0, 0.1) is 105 Å². The molecular weight excluding hydrogens is 1860 g/mol. The molecule has 0 radical (unpaired) electrons. The number of nitrogens with one attached hydrogen (secondary N) is 1. The minimum Gasteiger partial charge on any atom is -0.477 e. The quantitative estimate of drug-likeness (QED) is 0.0342. The van der Waals surface area contributed by atoms with Gasteiger partial charge < -0.3 is 78.4 Å². The Morgan fingerprint density at radius 1 is 0.388 bits per heavy atom. The number of amides is 2. The zero-order chi connectivity index (χ0) is 101. The van der Waals surface area contributed by atoms with Gasteiger partial charge in [-0.3, -0.25) is 19.2 Å². The molecule has 4 atom stereocenters. The van der Waals surface area contributed by atoms with Crippen LogP contribution in [0.15, 0.2) is 24.3 Å². The van der Waals surface area contributed by atoms with Crippen LogP contribution in [-0.2, 0) is 66.5 Å². The first-order valence-electron chi connectivity index (χ1n) is 51.1. The highest BCUT2D eigenvalue weighted by Gasteiger charge is 2.42. The lowest BCUT2D eigenvalue weighted by atomic mass is 9.81. The number of anilines is 4. The Hall–Kier alpha value is -7.23. The number of methoxy groups -OCH3 is 2. The summed E-state index contributed by atoms with van der Waals surface area (Å²) in [5.74, 6) is 25.3. The summed E-state index contributed by atoms with van der Waals surface area (Å²) in [6, 6.07) is 7.66. The first kappa shape index (κ1) is 114. The van der Waals surface area contributed by atoms with Crippen LogP contribution in [0.25, 0.3) is 0 Å². The molecule has 4 aromatic rings. The molecule has 7 aliphatic carbocycles. The number of carboxylic acids is 2. The number of carbonyl (C=O) groups excluding carboxylic acids is 6. The van der Waals surface area contributed by atoms with Gasteiger partial charge in [0.2, 0.25) is 17.1 Å². The molecule has 5 N–H and O–H groups in total. The number of ether oxygens (including phenoxy) is 10. The van der Waals surface area contributed by atoms with Crippen molar-refractivity contribution in [2.45, 2.75) is 376 Å². The molecule has 2 amide bonds. The lowest BCUT2D eigenvalue weighted by Gasteiger charge is -2.39. The third-order valence-corrected chi connectivity index (χ3v) is 31.4. The van der Waals surface area contributed by atoms with Crippen LogP contribution >= 0.6 is 56.9 Å². The van der Waals surface area contributed by atoms with Crippen molar-refractivity contribution in [3.63, 3.8) is 0 Å². The van der Waals surface area contributed by atoms with E-state index in [0.29, 0.717) is 105 Å². The molecule has 29 heteroatoms. The highest BCUT2D eigenvalue weighted by Crippen LogP contribution is 2.44. The molecule has 4 aromatic heterocycles. The first-order valence-corrected chi connectivity index (χ1v) is 54.7. The van der Waals surface area contributed by atoms with E-state index in [0.717, 1.165) is 241 Å². The van der Waals surface area contributed by atoms with Crippen molar-refractivity contribution < 1.29 is 95.9 Å². The molecule has 7 saturated carbocycles. The molecule has 768 valence electrons. The van der Waals surface area contributed by atoms with Crippen LogP contribution in [0.4, 0.5) is 22.7 Å². The summed E-state index contributed by atoms with van der Waals surface area (Å²) >= 11 is 10.4. The summed E-state index contributed by atoms with van der Waals surface area (Å²) < 4.78 is 55.6. The molecule has 8 heterocycles. The molecule has 15 rings (SSSR count). The topological polar surface area (TPSA) is 314 Å². The van der Waals surface area contributed by atoms with E-state index < -0.39 is 17.9 Å². The minimum atomic E-state index is -0.993. The van der Waals surface area contributed by atoms with Gasteiger partial charge in [-0.2, -0.15) is 0 Å². The minimum absolute atomic E-state index is 0.0207. The fraction of sp³-hybridized carbons (Fsp3) is 0.709. The van der Waals surface area contributed by atoms with Gasteiger partial charge in [-0.25, -0.2) is 19.2 Å². The van der Waals surface area contributed by atoms with E-state index in [4.69, 9.17) is 60.0 Å². The van der Waals surface area contributed by atoms with Gasteiger partial charge in [-0.05, 0) is 329 Å². The van der Waals surface area contributed by atoms with Crippen LogP contribution in [0.1, 0.15) is 368 Å². The zero-order valence-electron chi connectivity index (χ0n) is 85.6. The number of aromatic carboxylic acids is 2. The number of nitrogens with two attached hydrogens (primary N) is 1. The number of halogens is 1. The number of hydrogen-bond donors (Lipinski definition) is 4. The maximum atomic E-state index is 14.0. The number of thiophene rings is 4. The number of rotatable bonds is 21. The van der Waals surface area contributed by atoms with Crippen LogP contribution in [-0.4, -0.2) is 191 Å². The van der Waals surface area contributed by atoms with E-state index in [1.54, 1.807) is 6.07 Å². The van der Waals surface area contributed by atoms with Gasteiger partial charge in [0, 0.05) is 96.8 Å². The Morgan fingerprint density at radius 2 is 0.683 bits per heavy atom. The molecule has 4 saturated heterocycles. The van der Waals surface area contributed by atoms with Crippen LogP contribution < -0.4 is 20.9 Å². The molecule has 139 heavy (non-hydrogen) atoms. The summed E-state index contributed by atoms with van der Waals surface area (Å²) in [5, 5.41) is 23.6. The van der Waals surface area contributed by atoms with Crippen LogP contribution in [0.3, 0.4) is 0 Å². The van der Waals surface area contributed by atoms with Gasteiger partial charge in [-0.1, -0.05) is 68.1 Å². The Morgan fingerprint density at radius 3 is 0.993 bits per heavy atom. The number of carbonyl (C=O) groups is 8. The van der Waals surface area contributed by atoms with Crippen molar-refractivity contribution in [2.24, 2.45) is 57.2 Å². The van der Waals surface area contributed by atoms with E-state index in [1.165, 1.54) is 72.4 Å². The Kier molecular flexibility index (Phi) is 44.7. The monoisotopic (exact) mass is 2020 g/mol. The van der Waals surface area contributed by atoms with E-state index in [2.05, 4.69) is 99.0 Å². The van der Waals surface area contributed by atoms with Gasteiger partial charge in [0.1, 0.15) is 25.3 Å². The van der Waals surface area contributed by atoms with Gasteiger partial charge in [0.15, 0.2) is 0 Å².